The molecule has 0 fully saturated rings. The lowest BCUT2D eigenvalue weighted by atomic mass is 10.2. The van der Waals surface area contributed by atoms with E-state index in [9.17, 15) is 0 Å². The zero-order valence-corrected chi connectivity index (χ0v) is 7.77. The maximum atomic E-state index is 3.15. The summed E-state index contributed by atoms with van der Waals surface area (Å²) in [4.78, 5) is 3.15. The number of aryl methyl sites for hydroxylation is 1. The van der Waals surface area contributed by atoms with Gasteiger partial charge in [0.15, 0.2) is 0 Å². The quantitative estimate of drug-likeness (QED) is 0.569. The van der Waals surface area contributed by atoms with Gasteiger partial charge in [-0.05, 0) is 25.5 Å². The van der Waals surface area contributed by atoms with E-state index in [2.05, 4.69) is 47.5 Å². The van der Waals surface area contributed by atoms with Crippen molar-refractivity contribution < 1.29 is 0 Å². The highest BCUT2D eigenvalue weighted by atomic mass is 127. The molecule has 50 valence electrons. The van der Waals surface area contributed by atoms with Crippen LogP contribution >= 0.6 is 22.6 Å². The molecule has 0 saturated heterocycles. The second kappa shape index (κ2) is 2.73. The zero-order valence-electron chi connectivity index (χ0n) is 5.61. The van der Waals surface area contributed by atoms with Gasteiger partial charge in [-0.25, -0.2) is 0 Å². The summed E-state index contributed by atoms with van der Waals surface area (Å²) in [5.74, 6) is 0. The van der Waals surface area contributed by atoms with Gasteiger partial charge in [0.2, 0.25) is 0 Å². The molecular weight excluding hydrogens is 225 g/mol. The minimum Gasteiger partial charge on any atom is -0.365 e. The van der Waals surface area contributed by atoms with Gasteiger partial charge in [-0.2, -0.15) is 0 Å². The summed E-state index contributed by atoms with van der Waals surface area (Å²) in [5.41, 5.74) is 2.70. The van der Waals surface area contributed by atoms with Crippen molar-refractivity contribution in [1.82, 2.24) is 4.98 Å². The largest absolute Gasteiger partial charge is 0.365 e. The molecule has 9 heavy (non-hydrogen) atoms. The molecule has 0 unspecified atom stereocenters. The number of halogens is 1. The van der Waals surface area contributed by atoms with Crippen LogP contribution in [0.5, 0.6) is 0 Å². The van der Waals surface area contributed by atoms with Crippen LogP contribution in [0.3, 0.4) is 0 Å². The molecular formula is C7H10IN. The van der Waals surface area contributed by atoms with Gasteiger partial charge in [0.25, 0.3) is 0 Å². The van der Waals surface area contributed by atoms with Crippen LogP contribution in [0.4, 0.5) is 0 Å². The Morgan fingerprint density at radius 3 is 2.56 bits per heavy atom. The van der Waals surface area contributed by atoms with Crippen molar-refractivity contribution in [2.75, 3.05) is 0 Å². The maximum Gasteiger partial charge on any atom is 0.0348 e. The molecule has 0 bridgehead atoms. The molecule has 0 aliphatic carbocycles. The highest BCUT2D eigenvalue weighted by Gasteiger charge is 2.02. The van der Waals surface area contributed by atoms with Crippen molar-refractivity contribution in [2.45, 2.75) is 17.8 Å². The van der Waals surface area contributed by atoms with Gasteiger partial charge in [-0.1, -0.05) is 22.6 Å². The van der Waals surface area contributed by atoms with Crippen LogP contribution in [0.1, 0.15) is 22.1 Å². The number of nitrogens with one attached hydrogen (secondary N) is 1. The van der Waals surface area contributed by atoms with Gasteiger partial charge in [0.1, 0.15) is 0 Å². The van der Waals surface area contributed by atoms with Crippen molar-refractivity contribution in [1.29, 1.82) is 0 Å². The first-order valence-corrected chi connectivity index (χ1v) is 4.24. The standard InChI is InChI=1S/C7H10IN/c1-5(8)7-3-4-9-6(7)2/h3-5,9H,1-2H3/t5-/m0/s1. The predicted octanol–water partition coefficient (Wildman–Crippen LogP) is 2.82. The van der Waals surface area contributed by atoms with Gasteiger partial charge in [0.05, 0.1) is 0 Å². The maximum absolute atomic E-state index is 3.15. The monoisotopic (exact) mass is 235 g/mol. The molecule has 2 heteroatoms. The summed E-state index contributed by atoms with van der Waals surface area (Å²) in [5, 5.41) is 0. The molecule has 0 spiro atoms. The third-order valence-corrected chi connectivity index (χ3v) is 2.10. The molecule has 0 saturated carbocycles. The summed E-state index contributed by atoms with van der Waals surface area (Å²) in [6.45, 7) is 4.29. The number of rotatable bonds is 1. The molecule has 1 nitrogen and oxygen atoms in total. The number of hydrogen-bond acceptors (Lipinski definition) is 0. The molecule has 1 rings (SSSR count). The molecule has 0 aliphatic rings. The first-order valence-electron chi connectivity index (χ1n) is 2.99. The van der Waals surface area contributed by atoms with Crippen LogP contribution in [0.25, 0.3) is 0 Å². The van der Waals surface area contributed by atoms with Crippen LogP contribution in [0, 0.1) is 6.92 Å². The molecule has 1 aromatic heterocycles. The van der Waals surface area contributed by atoms with Gasteiger partial charge in [-0.3, -0.25) is 0 Å². The van der Waals surface area contributed by atoms with Crippen molar-refractivity contribution in [3.63, 3.8) is 0 Å². The van der Waals surface area contributed by atoms with Crippen LogP contribution in [-0.4, -0.2) is 4.98 Å². The first kappa shape index (κ1) is 7.12. The van der Waals surface area contributed by atoms with E-state index in [4.69, 9.17) is 0 Å². The lowest BCUT2D eigenvalue weighted by molar-refractivity contribution is 1.10. The summed E-state index contributed by atoms with van der Waals surface area (Å²) >= 11 is 2.41. The van der Waals surface area contributed by atoms with E-state index in [1.165, 1.54) is 11.3 Å². The summed E-state index contributed by atoms with van der Waals surface area (Å²) in [6.07, 6.45) is 1.99. The molecule has 0 radical (unpaired) electrons. The summed E-state index contributed by atoms with van der Waals surface area (Å²) in [6, 6.07) is 2.13. The van der Waals surface area contributed by atoms with Crippen molar-refractivity contribution in [3.8, 4) is 0 Å². The third-order valence-electron chi connectivity index (χ3n) is 1.42. The minimum absolute atomic E-state index is 0.619. The summed E-state index contributed by atoms with van der Waals surface area (Å²) in [7, 11) is 0. The van der Waals surface area contributed by atoms with E-state index >= 15 is 0 Å². The number of aromatic amines is 1. The molecule has 0 aliphatic heterocycles. The Morgan fingerprint density at radius 1 is 1.67 bits per heavy atom. The Balaban J connectivity index is 2.94. The zero-order chi connectivity index (χ0) is 6.85. The molecule has 0 amide bonds. The average molecular weight is 235 g/mol. The fraction of sp³-hybridized carbons (Fsp3) is 0.429. The number of aromatic nitrogens is 1. The second-order valence-corrected chi connectivity index (χ2v) is 4.04. The first-order chi connectivity index (χ1) is 4.22. The molecule has 1 heterocycles. The smallest absolute Gasteiger partial charge is 0.0348 e. The van der Waals surface area contributed by atoms with Crippen molar-refractivity contribution in [3.05, 3.63) is 23.5 Å². The highest BCUT2D eigenvalue weighted by molar-refractivity contribution is 14.1. The lowest BCUT2D eigenvalue weighted by Gasteiger charge is -1.99. The van der Waals surface area contributed by atoms with Crippen LogP contribution in [-0.2, 0) is 0 Å². The minimum atomic E-state index is 0.619. The Morgan fingerprint density at radius 2 is 2.33 bits per heavy atom. The lowest BCUT2D eigenvalue weighted by Crippen LogP contribution is -1.82. The second-order valence-electron chi connectivity index (χ2n) is 2.17. The Bertz CT molecular complexity index is 191. The van der Waals surface area contributed by atoms with Gasteiger partial charge in [-0.15, -0.1) is 0 Å². The molecule has 0 aromatic carbocycles. The molecule has 1 N–H and O–H groups in total. The van der Waals surface area contributed by atoms with E-state index in [1.54, 1.807) is 0 Å². The molecule has 1 aromatic rings. The van der Waals surface area contributed by atoms with Crippen LogP contribution in [0.15, 0.2) is 12.3 Å². The fourth-order valence-electron chi connectivity index (χ4n) is 0.896. The predicted molar refractivity (Wildman–Crippen MR) is 48.0 cm³/mol. The fourth-order valence-corrected chi connectivity index (χ4v) is 1.57. The van der Waals surface area contributed by atoms with Crippen molar-refractivity contribution >= 4 is 22.6 Å². The van der Waals surface area contributed by atoms with Crippen molar-refractivity contribution in [2.24, 2.45) is 0 Å². The van der Waals surface area contributed by atoms with Crippen LogP contribution < -0.4 is 0 Å². The number of alkyl halides is 1. The number of hydrogen-bond donors (Lipinski definition) is 1. The summed E-state index contributed by atoms with van der Waals surface area (Å²) < 4.78 is 0.619. The highest BCUT2D eigenvalue weighted by Crippen LogP contribution is 2.23. The van der Waals surface area contributed by atoms with E-state index in [1.807, 2.05) is 6.20 Å². The van der Waals surface area contributed by atoms with E-state index in [0.717, 1.165) is 0 Å². The normalized spacial score (nSPS) is 13.7. The van der Waals surface area contributed by atoms with E-state index in [-0.39, 0.29) is 0 Å². The van der Waals surface area contributed by atoms with E-state index in [0.29, 0.717) is 3.92 Å². The van der Waals surface area contributed by atoms with Gasteiger partial charge < -0.3 is 4.98 Å². The Kier molecular flexibility index (Phi) is 2.16. The topological polar surface area (TPSA) is 15.8 Å². The average Bonchev–Trinajstić information content (AvgIpc) is 2.13. The van der Waals surface area contributed by atoms with Gasteiger partial charge >= 0.3 is 0 Å². The Labute approximate surface area is 69.0 Å². The van der Waals surface area contributed by atoms with Crippen LogP contribution in [0.2, 0.25) is 0 Å². The SMILES string of the molecule is Cc1[nH]ccc1[C@H](C)I. The molecule has 1 atom stereocenters. The van der Waals surface area contributed by atoms with E-state index < -0.39 is 0 Å². The van der Waals surface area contributed by atoms with Gasteiger partial charge in [0, 0.05) is 15.8 Å². The third kappa shape index (κ3) is 1.47. The number of H-pyrrole nitrogens is 1. The Hall–Kier alpha value is 0.01000.